The van der Waals surface area contributed by atoms with Crippen molar-refractivity contribution in [1.82, 2.24) is 10.2 Å². The molecule has 2 rings (SSSR count). The molecule has 20 heavy (non-hydrogen) atoms. The van der Waals surface area contributed by atoms with E-state index >= 15 is 0 Å². The zero-order valence-corrected chi connectivity index (χ0v) is 12.7. The molecule has 1 aromatic carbocycles. The molecule has 1 aromatic rings. The van der Waals surface area contributed by atoms with Gasteiger partial charge in [0, 0.05) is 30.3 Å². The molecule has 112 valence electrons. The molecule has 1 aliphatic carbocycles. The molecule has 4 nitrogen and oxygen atoms in total. The first-order valence-electron chi connectivity index (χ1n) is 7.37. The van der Waals surface area contributed by atoms with Crippen molar-refractivity contribution in [3.63, 3.8) is 0 Å². The standard InChI is InChI=1S/C16H26N2O2/c1-17-13-5-7-14(8-6-13)18(2)11-12-4-9-15(20-3)10-16(12)19/h4,9-10,13-14,17,19H,5-8,11H2,1-3H3. The lowest BCUT2D eigenvalue weighted by Crippen LogP contribution is -2.39. The van der Waals surface area contributed by atoms with Crippen LogP contribution >= 0.6 is 0 Å². The van der Waals surface area contributed by atoms with Crippen molar-refractivity contribution in [3.05, 3.63) is 23.8 Å². The van der Waals surface area contributed by atoms with Gasteiger partial charge in [0.2, 0.25) is 0 Å². The number of ether oxygens (including phenoxy) is 1. The van der Waals surface area contributed by atoms with Gasteiger partial charge in [-0.05, 0) is 45.8 Å². The van der Waals surface area contributed by atoms with Gasteiger partial charge >= 0.3 is 0 Å². The number of nitrogens with zero attached hydrogens (tertiary/aromatic N) is 1. The van der Waals surface area contributed by atoms with Crippen molar-refractivity contribution in [2.75, 3.05) is 21.2 Å². The van der Waals surface area contributed by atoms with Crippen molar-refractivity contribution in [3.8, 4) is 11.5 Å². The van der Waals surface area contributed by atoms with Gasteiger partial charge < -0.3 is 15.2 Å². The third-order valence-corrected chi connectivity index (χ3v) is 4.44. The monoisotopic (exact) mass is 278 g/mol. The van der Waals surface area contributed by atoms with Crippen molar-refractivity contribution in [1.29, 1.82) is 0 Å². The summed E-state index contributed by atoms with van der Waals surface area (Å²) in [7, 11) is 5.80. The fraction of sp³-hybridized carbons (Fsp3) is 0.625. The first-order chi connectivity index (χ1) is 9.63. The van der Waals surface area contributed by atoms with Crippen LogP contribution in [-0.2, 0) is 6.54 Å². The Labute approximate surface area is 121 Å². The Morgan fingerprint density at radius 2 is 2.00 bits per heavy atom. The van der Waals surface area contributed by atoms with Crippen LogP contribution in [-0.4, -0.2) is 43.3 Å². The highest BCUT2D eigenvalue weighted by Crippen LogP contribution is 2.27. The van der Waals surface area contributed by atoms with E-state index in [4.69, 9.17) is 4.74 Å². The van der Waals surface area contributed by atoms with Gasteiger partial charge in [0.25, 0.3) is 0 Å². The van der Waals surface area contributed by atoms with Gasteiger partial charge in [0.05, 0.1) is 7.11 Å². The average molecular weight is 278 g/mol. The molecule has 0 amide bonds. The minimum absolute atomic E-state index is 0.320. The second kappa shape index (κ2) is 6.95. The van der Waals surface area contributed by atoms with Gasteiger partial charge in [-0.2, -0.15) is 0 Å². The highest BCUT2D eigenvalue weighted by Gasteiger charge is 2.23. The number of nitrogens with one attached hydrogen (secondary N) is 1. The molecule has 0 unspecified atom stereocenters. The number of methoxy groups -OCH3 is 1. The Morgan fingerprint density at radius 1 is 1.30 bits per heavy atom. The molecule has 1 saturated carbocycles. The smallest absolute Gasteiger partial charge is 0.123 e. The van der Waals surface area contributed by atoms with Crippen LogP contribution in [0.4, 0.5) is 0 Å². The number of hydrogen-bond acceptors (Lipinski definition) is 4. The third kappa shape index (κ3) is 3.64. The summed E-state index contributed by atoms with van der Waals surface area (Å²) < 4.78 is 5.11. The van der Waals surface area contributed by atoms with E-state index in [0.29, 0.717) is 23.6 Å². The van der Waals surface area contributed by atoms with Crippen LogP contribution in [0.1, 0.15) is 31.2 Å². The lowest BCUT2D eigenvalue weighted by atomic mass is 9.90. The lowest BCUT2D eigenvalue weighted by Gasteiger charge is -2.34. The van der Waals surface area contributed by atoms with Crippen molar-refractivity contribution in [2.45, 2.75) is 44.3 Å². The normalized spacial score (nSPS) is 23.0. The molecule has 0 atom stereocenters. The van der Waals surface area contributed by atoms with E-state index in [1.54, 1.807) is 13.2 Å². The summed E-state index contributed by atoms with van der Waals surface area (Å²) in [5.74, 6) is 1.02. The van der Waals surface area contributed by atoms with E-state index in [0.717, 1.165) is 12.1 Å². The maximum absolute atomic E-state index is 10.0. The maximum Gasteiger partial charge on any atom is 0.123 e. The van der Waals surface area contributed by atoms with Crippen LogP contribution in [0.25, 0.3) is 0 Å². The Kier molecular flexibility index (Phi) is 5.26. The lowest BCUT2D eigenvalue weighted by molar-refractivity contribution is 0.168. The number of aromatic hydroxyl groups is 1. The highest BCUT2D eigenvalue weighted by atomic mass is 16.5. The summed E-state index contributed by atoms with van der Waals surface area (Å²) in [5.41, 5.74) is 0.962. The molecular weight excluding hydrogens is 252 g/mol. The Hall–Kier alpha value is -1.26. The molecule has 0 bridgehead atoms. The second-order valence-electron chi connectivity index (χ2n) is 5.70. The molecular formula is C16H26N2O2. The molecule has 1 fully saturated rings. The van der Waals surface area contributed by atoms with Crippen molar-refractivity contribution in [2.24, 2.45) is 0 Å². The zero-order chi connectivity index (χ0) is 14.5. The molecule has 0 radical (unpaired) electrons. The molecule has 0 spiro atoms. The first-order valence-corrected chi connectivity index (χ1v) is 7.37. The quantitative estimate of drug-likeness (QED) is 0.868. The Balaban J connectivity index is 1.93. The fourth-order valence-electron chi connectivity index (χ4n) is 3.01. The average Bonchev–Trinajstić information content (AvgIpc) is 2.49. The van der Waals surface area contributed by atoms with Crippen LogP contribution < -0.4 is 10.1 Å². The molecule has 1 aliphatic rings. The van der Waals surface area contributed by atoms with E-state index in [1.165, 1.54) is 25.7 Å². The maximum atomic E-state index is 10.0. The van der Waals surface area contributed by atoms with E-state index in [-0.39, 0.29) is 0 Å². The van der Waals surface area contributed by atoms with Crippen LogP contribution in [0.5, 0.6) is 11.5 Å². The predicted molar refractivity (Wildman–Crippen MR) is 81.2 cm³/mol. The molecule has 0 aromatic heterocycles. The third-order valence-electron chi connectivity index (χ3n) is 4.44. The fourth-order valence-corrected chi connectivity index (χ4v) is 3.01. The molecule has 4 heteroatoms. The van der Waals surface area contributed by atoms with E-state index in [1.807, 2.05) is 19.2 Å². The summed E-state index contributed by atoms with van der Waals surface area (Å²) in [6, 6.07) is 6.82. The van der Waals surface area contributed by atoms with Crippen LogP contribution in [0.3, 0.4) is 0 Å². The number of phenolic OH excluding ortho intramolecular Hbond substituents is 1. The molecule has 0 aliphatic heterocycles. The number of phenols is 1. The minimum atomic E-state index is 0.320. The van der Waals surface area contributed by atoms with Gasteiger partial charge in [-0.1, -0.05) is 6.07 Å². The number of hydrogen-bond donors (Lipinski definition) is 2. The Morgan fingerprint density at radius 3 is 2.55 bits per heavy atom. The topological polar surface area (TPSA) is 44.7 Å². The van der Waals surface area contributed by atoms with E-state index < -0.39 is 0 Å². The SMILES string of the molecule is CNC1CCC(N(C)Cc2ccc(OC)cc2O)CC1. The van der Waals surface area contributed by atoms with Crippen LogP contribution in [0.15, 0.2) is 18.2 Å². The minimum Gasteiger partial charge on any atom is -0.507 e. The van der Waals surface area contributed by atoms with E-state index in [2.05, 4.69) is 17.3 Å². The van der Waals surface area contributed by atoms with Crippen molar-refractivity contribution >= 4 is 0 Å². The molecule has 0 saturated heterocycles. The summed E-state index contributed by atoms with van der Waals surface area (Å²) in [6.07, 6.45) is 4.91. The summed E-state index contributed by atoms with van der Waals surface area (Å²) >= 11 is 0. The largest absolute Gasteiger partial charge is 0.507 e. The Bertz CT molecular complexity index is 428. The zero-order valence-electron chi connectivity index (χ0n) is 12.7. The molecule has 2 N–H and O–H groups in total. The van der Waals surface area contributed by atoms with Gasteiger partial charge in [-0.15, -0.1) is 0 Å². The first kappa shape index (κ1) is 15.1. The van der Waals surface area contributed by atoms with Gasteiger partial charge in [0.15, 0.2) is 0 Å². The number of benzene rings is 1. The summed E-state index contributed by atoms with van der Waals surface area (Å²) in [5, 5.41) is 13.4. The van der Waals surface area contributed by atoms with Crippen LogP contribution in [0.2, 0.25) is 0 Å². The second-order valence-corrected chi connectivity index (χ2v) is 5.70. The molecule has 0 heterocycles. The van der Waals surface area contributed by atoms with Gasteiger partial charge in [0.1, 0.15) is 11.5 Å². The number of rotatable bonds is 5. The van der Waals surface area contributed by atoms with Gasteiger partial charge in [-0.25, -0.2) is 0 Å². The predicted octanol–water partition coefficient (Wildman–Crippen LogP) is 2.36. The van der Waals surface area contributed by atoms with Crippen LogP contribution in [0, 0.1) is 0 Å². The van der Waals surface area contributed by atoms with Gasteiger partial charge in [-0.3, -0.25) is 4.90 Å². The van der Waals surface area contributed by atoms with E-state index in [9.17, 15) is 5.11 Å². The summed E-state index contributed by atoms with van der Waals surface area (Å²) in [4.78, 5) is 2.35. The highest BCUT2D eigenvalue weighted by molar-refractivity contribution is 5.39. The van der Waals surface area contributed by atoms with Crippen molar-refractivity contribution < 1.29 is 9.84 Å². The summed E-state index contributed by atoms with van der Waals surface area (Å²) in [6.45, 7) is 0.782.